The molecule has 0 radical (unpaired) electrons. The van der Waals surface area contributed by atoms with E-state index in [2.05, 4.69) is 10.6 Å². The van der Waals surface area contributed by atoms with E-state index in [1.807, 2.05) is 0 Å². The van der Waals surface area contributed by atoms with Gasteiger partial charge in [0.1, 0.15) is 0 Å². The first-order chi connectivity index (χ1) is 11.7. The van der Waals surface area contributed by atoms with Gasteiger partial charge < -0.3 is 10.6 Å². The summed E-state index contributed by atoms with van der Waals surface area (Å²) in [6.07, 6.45) is -4.64. The second-order valence-electron chi connectivity index (χ2n) is 5.02. The molecular formula is C16H12F6N2O. The summed E-state index contributed by atoms with van der Waals surface area (Å²) in [4.78, 5) is 11.7. The van der Waals surface area contributed by atoms with Gasteiger partial charge in [-0.2, -0.15) is 13.2 Å². The quantitative estimate of drug-likeness (QED) is 0.605. The lowest BCUT2D eigenvalue weighted by Gasteiger charge is -2.10. The van der Waals surface area contributed by atoms with E-state index in [0.29, 0.717) is 0 Å². The maximum Gasteiger partial charge on any atom is 0.416 e. The van der Waals surface area contributed by atoms with Gasteiger partial charge in [-0.25, -0.2) is 13.2 Å². The van der Waals surface area contributed by atoms with Gasteiger partial charge >= 0.3 is 6.18 Å². The number of nitrogens with one attached hydrogen (secondary N) is 2. The second-order valence-corrected chi connectivity index (χ2v) is 5.02. The van der Waals surface area contributed by atoms with Crippen molar-refractivity contribution >= 4 is 17.3 Å². The maximum atomic E-state index is 13.4. The number of alkyl halides is 3. The summed E-state index contributed by atoms with van der Waals surface area (Å²) in [6.45, 7) is -0.0888. The smallest absolute Gasteiger partial charge is 0.382 e. The standard InChI is InChI=1S/C16H12F6N2O/c17-11-5-6-12(15(19)14(11)18)23-8-7-13(25)24-10-3-1-9(2-4-10)16(20,21)22/h1-6,23H,7-8H2,(H,24,25). The summed E-state index contributed by atoms with van der Waals surface area (Å²) in [5, 5.41) is 4.80. The van der Waals surface area contributed by atoms with E-state index in [9.17, 15) is 31.1 Å². The highest BCUT2D eigenvalue weighted by atomic mass is 19.4. The average molecular weight is 362 g/mol. The minimum atomic E-state index is -4.47. The molecule has 0 aromatic heterocycles. The van der Waals surface area contributed by atoms with E-state index >= 15 is 0 Å². The van der Waals surface area contributed by atoms with Gasteiger partial charge in [0.2, 0.25) is 5.91 Å². The molecule has 0 bridgehead atoms. The van der Waals surface area contributed by atoms with Crippen molar-refractivity contribution in [3.8, 4) is 0 Å². The van der Waals surface area contributed by atoms with Gasteiger partial charge in [-0.3, -0.25) is 4.79 Å². The molecule has 3 nitrogen and oxygen atoms in total. The minimum Gasteiger partial charge on any atom is -0.382 e. The number of rotatable bonds is 5. The van der Waals surface area contributed by atoms with Crippen LogP contribution in [0.25, 0.3) is 0 Å². The summed E-state index contributed by atoms with van der Waals surface area (Å²) >= 11 is 0. The minimum absolute atomic E-state index is 0.0888. The fourth-order valence-corrected chi connectivity index (χ4v) is 1.94. The van der Waals surface area contributed by atoms with Crippen LogP contribution < -0.4 is 10.6 Å². The van der Waals surface area contributed by atoms with Crippen molar-refractivity contribution in [3.05, 3.63) is 59.4 Å². The van der Waals surface area contributed by atoms with Gasteiger partial charge in [-0.05, 0) is 36.4 Å². The molecule has 2 N–H and O–H groups in total. The van der Waals surface area contributed by atoms with Crippen LogP contribution in [-0.4, -0.2) is 12.5 Å². The second kappa shape index (κ2) is 7.45. The van der Waals surface area contributed by atoms with Crippen LogP contribution in [0.5, 0.6) is 0 Å². The zero-order chi connectivity index (χ0) is 18.6. The molecule has 0 heterocycles. The molecule has 0 aliphatic carbocycles. The first-order valence-electron chi connectivity index (χ1n) is 7.03. The molecule has 0 spiro atoms. The number of hydrogen-bond acceptors (Lipinski definition) is 2. The SMILES string of the molecule is O=C(CCNc1ccc(F)c(F)c1F)Nc1ccc(C(F)(F)F)cc1. The van der Waals surface area contributed by atoms with Gasteiger partial charge in [0.25, 0.3) is 0 Å². The number of carbonyl (C=O) groups excluding carboxylic acids is 1. The molecule has 134 valence electrons. The Balaban J connectivity index is 1.86. The topological polar surface area (TPSA) is 41.1 Å². The first kappa shape index (κ1) is 18.6. The fourth-order valence-electron chi connectivity index (χ4n) is 1.94. The van der Waals surface area contributed by atoms with Crippen molar-refractivity contribution < 1.29 is 31.1 Å². The number of hydrogen-bond donors (Lipinski definition) is 2. The summed E-state index contributed by atoms with van der Waals surface area (Å²) in [6, 6.07) is 5.58. The summed E-state index contributed by atoms with van der Waals surface area (Å²) in [5.41, 5.74) is -0.987. The van der Waals surface area contributed by atoms with E-state index < -0.39 is 35.1 Å². The van der Waals surface area contributed by atoms with Crippen LogP contribution in [0.2, 0.25) is 0 Å². The van der Waals surface area contributed by atoms with Crippen molar-refractivity contribution in [1.29, 1.82) is 0 Å². The normalized spacial score (nSPS) is 11.3. The Morgan fingerprint density at radius 1 is 0.920 bits per heavy atom. The number of anilines is 2. The number of benzene rings is 2. The number of halogens is 6. The summed E-state index contributed by atoms with van der Waals surface area (Å²) in [5.74, 6) is -4.90. The summed E-state index contributed by atoms with van der Waals surface area (Å²) < 4.78 is 76.5. The molecule has 0 aliphatic rings. The molecule has 0 saturated heterocycles. The molecule has 0 atom stereocenters. The van der Waals surface area contributed by atoms with Gasteiger partial charge in [0.15, 0.2) is 17.5 Å². The monoisotopic (exact) mass is 362 g/mol. The van der Waals surface area contributed by atoms with Crippen LogP contribution >= 0.6 is 0 Å². The van der Waals surface area contributed by atoms with Crippen molar-refractivity contribution in [2.45, 2.75) is 12.6 Å². The molecule has 2 aromatic carbocycles. The third-order valence-corrected chi connectivity index (χ3v) is 3.20. The molecule has 0 saturated carbocycles. The van der Waals surface area contributed by atoms with Gasteiger partial charge in [-0.1, -0.05) is 0 Å². The van der Waals surface area contributed by atoms with Gasteiger partial charge in [0, 0.05) is 18.7 Å². The largest absolute Gasteiger partial charge is 0.416 e. The lowest BCUT2D eigenvalue weighted by Crippen LogP contribution is -2.17. The van der Waals surface area contributed by atoms with Crippen molar-refractivity contribution in [3.63, 3.8) is 0 Å². The zero-order valence-corrected chi connectivity index (χ0v) is 12.6. The van der Waals surface area contributed by atoms with E-state index in [1.165, 1.54) is 0 Å². The Bertz CT molecular complexity index is 758. The predicted molar refractivity (Wildman–Crippen MR) is 79.5 cm³/mol. The highest BCUT2D eigenvalue weighted by Gasteiger charge is 2.29. The first-order valence-corrected chi connectivity index (χ1v) is 7.03. The van der Waals surface area contributed by atoms with Crippen LogP contribution in [0.4, 0.5) is 37.7 Å². The third-order valence-electron chi connectivity index (χ3n) is 3.20. The van der Waals surface area contributed by atoms with Gasteiger partial charge in [0.05, 0.1) is 11.3 Å². The highest BCUT2D eigenvalue weighted by Crippen LogP contribution is 2.29. The molecule has 0 unspecified atom stereocenters. The zero-order valence-electron chi connectivity index (χ0n) is 12.6. The lowest BCUT2D eigenvalue weighted by molar-refractivity contribution is -0.137. The molecule has 9 heteroatoms. The van der Waals surface area contributed by atoms with E-state index in [4.69, 9.17) is 0 Å². The van der Waals surface area contributed by atoms with Crippen molar-refractivity contribution in [2.24, 2.45) is 0 Å². The van der Waals surface area contributed by atoms with E-state index in [0.717, 1.165) is 36.4 Å². The van der Waals surface area contributed by atoms with Crippen LogP contribution in [0, 0.1) is 17.5 Å². The van der Waals surface area contributed by atoms with E-state index in [-0.39, 0.29) is 24.3 Å². The molecule has 0 aliphatic heterocycles. The Morgan fingerprint density at radius 3 is 2.16 bits per heavy atom. The van der Waals surface area contributed by atoms with Crippen LogP contribution in [0.3, 0.4) is 0 Å². The van der Waals surface area contributed by atoms with E-state index in [1.54, 1.807) is 0 Å². The maximum absolute atomic E-state index is 13.4. The Morgan fingerprint density at radius 2 is 1.56 bits per heavy atom. The molecule has 2 aromatic rings. The van der Waals surface area contributed by atoms with Crippen LogP contribution in [0.15, 0.2) is 36.4 Å². The molecule has 25 heavy (non-hydrogen) atoms. The Hall–Kier alpha value is -2.71. The van der Waals surface area contributed by atoms with Crippen LogP contribution in [0.1, 0.15) is 12.0 Å². The Kier molecular flexibility index (Phi) is 5.55. The lowest BCUT2D eigenvalue weighted by atomic mass is 10.2. The molecule has 2 rings (SSSR count). The molecule has 0 fully saturated rings. The summed E-state index contributed by atoms with van der Waals surface area (Å²) in [7, 11) is 0. The molecular weight excluding hydrogens is 350 g/mol. The highest BCUT2D eigenvalue weighted by molar-refractivity contribution is 5.91. The number of amides is 1. The predicted octanol–water partition coefficient (Wildman–Crippen LogP) is 4.56. The third kappa shape index (κ3) is 4.88. The fraction of sp³-hybridized carbons (Fsp3) is 0.188. The van der Waals surface area contributed by atoms with Crippen molar-refractivity contribution in [2.75, 3.05) is 17.2 Å². The van der Waals surface area contributed by atoms with Crippen LogP contribution in [-0.2, 0) is 11.0 Å². The Labute approximate surface area is 138 Å². The van der Waals surface area contributed by atoms with Gasteiger partial charge in [-0.15, -0.1) is 0 Å². The molecule has 1 amide bonds. The average Bonchev–Trinajstić information content (AvgIpc) is 2.54. The van der Waals surface area contributed by atoms with Crippen molar-refractivity contribution in [1.82, 2.24) is 0 Å². The number of carbonyl (C=O) groups is 1.